The SMILES string of the molecule is CSC1(CNC2CCN(CC(=O)N(C)C)CC2)CCC1. The van der Waals surface area contributed by atoms with Gasteiger partial charge in [-0.2, -0.15) is 11.8 Å². The lowest BCUT2D eigenvalue weighted by Gasteiger charge is -2.42. The zero-order valence-corrected chi connectivity index (χ0v) is 14.0. The first-order chi connectivity index (χ1) is 9.54. The van der Waals surface area contributed by atoms with Gasteiger partial charge in [0.15, 0.2) is 0 Å². The highest BCUT2D eigenvalue weighted by atomic mass is 32.2. The lowest BCUT2D eigenvalue weighted by Crippen LogP contribution is -2.50. The van der Waals surface area contributed by atoms with Gasteiger partial charge in [-0.25, -0.2) is 0 Å². The minimum atomic E-state index is 0.215. The monoisotopic (exact) mass is 299 g/mol. The van der Waals surface area contributed by atoms with Crippen molar-refractivity contribution in [2.24, 2.45) is 0 Å². The zero-order chi connectivity index (χ0) is 14.6. The van der Waals surface area contributed by atoms with Gasteiger partial charge in [0.2, 0.25) is 5.91 Å². The fraction of sp³-hybridized carbons (Fsp3) is 0.933. The summed E-state index contributed by atoms with van der Waals surface area (Å²) in [6.07, 6.45) is 8.73. The van der Waals surface area contributed by atoms with Gasteiger partial charge in [-0.3, -0.25) is 9.69 Å². The Bertz CT molecular complexity index is 318. The Morgan fingerprint density at radius 2 is 2.00 bits per heavy atom. The Kier molecular flexibility index (Phi) is 5.75. The summed E-state index contributed by atoms with van der Waals surface area (Å²) in [6.45, 7) is 3.83. The molecule has 0 spiro atoms. The molecule has 2 rings (SSSR count). The van der Waals surface area contributed by atoms with Crippen LogP contribution >= 0.6 is 11.8 Å². The summed E-state index contributed by atoms with van der Waals surface area (Å²) in [5, 5.41) is 3.77. The number of hydrogen-bond donors (Lipinski definition) is 1. The quantitative estimate of drug-likeness (QED) is 0.804. The highest BCUT2D eigenvalue weighted by Gasteiger charge is 2.36. The third kappa shape index (κ3) is 4.12. The van der Waals surface area contributed by atoms with Gasteiger partial charge in [0.25, 0.3) is 0 Å². The minimum Gasteiger partial charge on any atom is -0.348 e. The van der Waals surface area contributed by atoms with E-state index in [1.54, 1.807) is 4.90 Å². The number of rotatable bonds is 6. The second kappa shape index (κ2) is 7.14. The summed E-state index contributed by atoms with van der Waals surface area (Å²) < 4.78 is 0.526. The Morgan fingerprint density at radius 1 is 1.35 bits per heavy atom. The fourth-order valence-electron chi connectivity index (χ4n) is 2.98. The van der Waals surface area contributed by atoms with Crippen LogP contribution in [-0.2, 0) is 4.79 Å². The molecule has 2 aliphatic rings. The van der Waals surface area contributed by atoms with Crippen molar-refractivity contribution in [2.45, 2.75) is 42.9 Å². The first-order valence-corrected chi connectivity index (χ1v) is 8.98. The lowest BCUT2D eigenvalue weighted by atomic mass is 9.84. The van der Waals surface area contributed by atoms with Crippen molar-refractivity contribution in [3.63, 3.8) is 0 Å². The van der Waals surface area contributed by atoms with E-state index in [0.717, 1.165) is 19.6 Å². The van der Waals surface area contributed by atoms with Crippen molar-refractivity contribution < 1.29 is 4.79 Å². The molecule has 0 aromatic heterocycles. The van der Waals surface area contributed by atoms with E-state index in [4.69, 9.17) is 0 Å². The molecule has 0 radical (unpaired) electrons. The highest BCUT2D eigenvalue weighted by Crippen LogP contribution is 2.42. The molecule has 20 heavy (non-hydrogen) atoms. The second-order valence-corrected chi connectivity index (χ2v) is 7.73. The number of amides is 1. The third-order valence-electron chi connectivity index (χ3n) is 4.86. The van der Waals surface area contributed by atoms with E-state index in [1.807, 2.05) is 25.9 Å². The Morgan fingerprint density at radius 3 is 2.45 bits per heavy atom. The molecule has 1 amide bonds. The van der Waals surface area contributed by atoms with Gasteiger partial charge >= 0.3 is 0 Å². The molecule has 1 heterocycles. The van der Waals surface area contributed by atoms with Gasteiger partial charge in [0, 0.05) is 44.5 Å². The molecule has 4 nitrogen and oxygen atoms in total. The van der Waals surface area contributed by atoms with Gasteiger partial charge in [0.1, 0.15) is 0 Å². The van der Waals surface area contributed by atoms with Crippen LogP contribution in [0, 0.1) is 0 Å². The van der Waals surface area contributed by atoms with Crippen molar-refractivity contribution in [3.8, 4) is 0 Å². The smallest absolute Gasteiger partial charge is 0.236 e. The molecule has 0 bridgehead atoms. The summed E-state index contributed by atoms with van der Waals surface area (Å²) >= 11 is 2.04. The van der Waals surface area contributed by atoms with Crippen LogP contribution in [0.1, 0.15) is 32.1 Å². The number of carbonyl (C=O) groups excluding carboxylic acids is 1. The number of piperidine rings is 1. The van der Waals surface area contributed by atoms with Gasteiger partial charge in [-0.15, -0.1) is 0 Å². The molecular weight excluding hydrogens is 270 g/mol. The van der Waals surface area contributed by atoms with Crippen LogP contribution in [0.15, 0.2) is 0 Å². The van der Waals surface area contributed by atoms with Crippen LogP contribution in [0.5, 0.6) is 0 Å². The normalized spacial score (nSPS) is 23.4. The molecule has 0 atom stereocenters. The molecule has 5 heteroatoms. The molecule has 1 saturated carbocycles. The van der Waals surface area contributed by atoms with Crippen LogP contribution in [-0.4, -0.2) is 73.0 Å². The van der Waals surface area contributed by atoms with Crippen LogP contribution in [0.2, 0.25) is 0 Å². The van der Waals surface area contributed by atoms with Gasteiger partial charge < -0.3 is 10.2 Å². The maximum absolute atomic E-state index is 11.7. The van der Waals surface area contributed by atoms with Crippen molar-refractivity contribution >= 4 is 17.7 Å². The molecule has 116 valence electrons. The second-order valence-electron chi connectivity index (χ2n) is 6.46. The third-order valence-corrected chi connectivity index (χ3v) is 6.27. The largest absolute Gasteiger partial charge is 0.348 e. The van der Waals surface area contributed by atoms with Gasteiger partial charge in [-0.05, 0) is 31.9 Å². The standard InChI is InChI=1S/C15H29N3OS/c1-17(2)14(19)11-18-9-5-13(6-10-18)16-12-15(20-3)7-4-8-15/h13,16H,4-12H2,1-3H3. The summed E-state index contributed by atoms with van der Waals surface area (Å²) in [7, 11) is 3.66. The van der Waals surface area contributed by atoms with Crippen molar-refractivity contribution in [1.29, 1.82) is 0 Å². The molecule has 1 saturated heterocycles. The topological polar surface area (TPSA) is 35.6 Å². The van der Waals surface area contributed by atoms with E-state index in [9.17, 15) is 4.79 Å². The van der Waals surface area contributed by atoms with E-state index < -0.39 is 0 Å². The molecule has 1 N–H and O–H groups in total. The summed E-state index contributed by atoms with van der Waals surface area (Å²) in [4.78, 5) is 15.7. The number of likely N-dealkylation sites (tertiary alicyclic amines) is 1. The predicted octanol–water partition coefficient (Wildman–Crippen LogP) is 1.41. The lowest BCUT2D eigenvalue weighted by molar-refractivity contribution is -0.130. The van der Waals surface area contributed by atoms with Gasteiger partial charge in [-0.1, -0.05) is 6.42 Å². The number of nitrogens with one attached hydrogen (secondary N) is 1. The van der Waals surface area contributed by atoms with Crippen LogP contribution in [0.4, 0.5) is 0 Å². The van der Waals surface area contributed by atoms with Crippen molar-refractivity contribution in [2.75, 3.05) is 46.5 Å². The number of likely N-dealkylation sites (N-methyl/N-ethyl adjacent to an activating group) is 1. The summed E-state index contributed by atoms with van der Waals surface area (Å²) in [5.74, 6) is 0.215. The predicted molar refractivity (Wildman–Crippen MR) is 86.3 cm³/mol. The first-order valence-electron chi connectivity index (χ1n) is 7.76. The van der Waals surface area contributed by atoms with Crippen molar-refractivity contribution in [3.05, 3.63) is 0 Å². The summed E-state index contributed by atoms with van der Waals surface area (Å²) in [5.41, 5.74) is 0. The van der Waals surface area contributed by atoms with E-state index in [0.29, 0.717) is 17.3 Å². The average molecular weight is 299 g/mol. The zero-order valence-electron chi connectivity index (χ0n) is 13.2. The molecular formula is C15H29N3OS. The van der Waals surface area contributed by atoms with Crippen LogP contribution < -0.4 is 5.32 Å². The molecule has 0 aromatic rings. The van der Waals surface area contributed by atoms with E-state index >= 15 is 0 Å². The maximum atomic E-state index is 11.7. The number of carbonyl (C=O) groups is 1. The Hall–Kier alpha value is -0.260. The first kappa shape index (κ1) is 16.1. The van der Waals surface area contributed by atoms with Crippen LogP contribution in [0.25, 0.3) is 0 Å². The number of hydrogen-bond acceptors (Lipinski definition) is 4. The average Bonchev–Trinajstić information content (AvgIpc) is 2.39. The van der Waals surface area contributed by atoms with Gasteiger partial charge in [0.05, 0.1) is 6.54 Å². The molecule has 1 aliphatic carbocycles. The molecule has 2 fully saturated rings. The maximum Gasteiger partial charge on any atom is 0.236 e. The highest BCUT2D eigenvalue weighted by molar-refractivity contribution is 8.00. The number of nitrogens with zero attached hydrogens (tertiary/aromatic N) is 2. The fourth-order valence-corrected chi connectivity index (χ4v) is 3.91. The van der Waals surface area contributed by atoms with E-state index in [2.05, 4.69) is 16.5 Å². The van der Waals surface area contributed by atoms with Crippen molar-refractivity contribution in [1.82, 2.24) is 15.1 Å². The minimum absolute atomic E-state index is 0.215. The molecule has 1 aliphatic heterocycles. The van der Waals surface area contributed by atoms with Crippen LogP contribution in [0.3, 0.4) is 0 Å². The molecule has 0 aromatic carbocycles. The Labute approximate surface area is 127 Å². The van der Waals surface area contributed by atoms with E-state index in [1.165, 1.54) is 32.1 Å². The Balaban J connectivity index is 1.65. The summed E-state index contributed by atoms with van der Waals surface area (Å²) in [6, 6.07) is 0.644. The number of thioether (sulfide) groups is 1. The molecule has 0 unspecified atom stereocenters. The van der Waals surface area contributed by atoms with E-state index in [-0.39, 0.29) is 5.91 Å².